The third-order valence-corrected chi connectivity index (χ3v) is 4.65. The Morgan fingerprint density at radius 1 is 1.40 bits per heavy atom. The molecule has 7 heteroatoms. The van der Waals surface area contributed by atoms with Crippen LogP contribution >= 0.6 is 11.6 Å². The van der Waals surface area contributed by atoms with E-state index in [1.54, 1.807) is 6.92 Å². The first-order chi connectivity index (χ1) is 9.34. The highest BCUT2D eigenvalue weighted by Crippen LogP contribution is 2.16. The second-order valence-electron chi connectivity index (χ2n) is 4.52. The molecule has 0 aromatic heterocycles. The standard InChI is InChI=1S/C13H20ClFN2O2S/c1-3-17(20(2,18)19)8-4-7-16-10-11-9-12(15)5-6-13(11)14/h5-6,9,16H,3-4,7-8,10H2,1-2H3. The number of hydrogen-bond acceptors (Lipinski definition) is 3. The molecule has 0 fully saturated rings. The van der Waals surface area contributed by atoms with E-state index in [0.717, 1.165) is 0 Å². The number of rotatable bonds is 8. The summed E-state index contributed by atoms with van der Waals surface area (Å²) < 4.78 is 37.2. The average molecular weight is 323 g/mol. The number of nitrogens with one attached hydrogen (secondary N) is 1. The van der Waals surface area contributed by atoms with Crippen molar-refractivity contribution < 1.29 is 12.8 Å². The van der Waals surface area contributed by atoms with Gasteiger partial charge in [0.05, 0.1) is 6.26 Å². The summed E-state index contributed by atoms with van der Waals surface area (Å²) in [5.41, 5.74) is 0.696. The molecule has 1 aromatic carbocycles. The van der Waals surface area contributed by atoms with E-state index in [1.807, 2.05) is 0 Å². The summed E-state index contributed by atoms with van der Waals surface area (Å²) in [5.74, 6) is -0.319. The fourth-order valence-corrected chi connectivity index (χ4v) is 2.95. The van der Waals surface area contributed by atoms with Crippen LogP contribution in [0.5, 0.6) is 0 Å². The molecule has 114 valence electrons. The van der Waals surface area contributed by atoms with E-state index in [2.05, 4.69) is 5.32 Å². The van der Waals surface area contributed by atoms with Gasteiger partial charge in [0.2, 0.25) is 10.0 Å². The third kappa shape index (κ3) is 5.75. The van der Waals surface area contributed by atoms with E-state index < -0.39 is 10.0 Å². The Morgan fingerprint density at radius 3 is 2.70 bits per heavy atom. The molecule has 0 saturated carbocycles. The van der Waals surface area contributed by atoms with Gasteiger partial charge < -0.3 is 5.32 Å². The van der Waals surface area contributed by atoms with Crippen molar-refractivity contribution in [3.8, 4) is 0 Å². The van der Waals surface area contributed by atoms with Crippen molar-refractivity contribution in [1.82, 2.24) is 9.62 Å². The SMILES string of the molecule is CCN(CCCNCc1cc(F)ccc1Cl)S(C)(=O)=O. The van der Waals surface area contributed by atoms with E-state index in [-0.39, 0.29) is 5.82 Å². The molecule has 0 bridgehead atoms. The zero-order valence-electron chi connectivity index (χ0n) is 11.7. The fraction of sp³-hybridized carbons (Fsp3) is 0.538. The van der Waals surface area contributed by atoms with Crippen molar-refractivity contribution in [3.63, 3.8) is 0 Å². The third-order valence-electron chi connectivity index (χ3n) is 2.91. The van der Waals surface area contributed by atoms with Gasteiger partial charge in [0.15, 0.2) is 0 Å². The molecule has 0 aliphatic carbocycles. The molecular weight excluding hydrogens is 303 g/mol. The maximum absolute atomic E-state index is 13.0. The largest absolute Gasteiger partial charge is 0.313 e. The molecule has 1 aromatic rings. The maximum Gasteiger partial charge on any atom is 0.211 e. The minimum Gasteiger partial charge on any atom is -0.313 e. The van der Waals surface area contributed by atoms with Crippen LogP contribution in [0.4, 0.5) is 4.39 Å². The topological polar surface area (TPSA) is 49.4 Å². The lowest BCUT2D eigenvalue weighted by Gasteiger charge is -2.17. The van der Waals surface area contributed by atoms with E-state index in [4.69, 9.17) is 11.6 Å². The van der Waals surface area contributed by atoms with Gasteiger partial charge in [0.1, 0.15) is 5.82 Å². The van der Waals surface area contributed by atoms with Gasteiger partial charge in [-0.15, -0.1) is 0 Å². The first-order valence-electron chi connectivity index (χ1n) is 6.44. The second kappa shape index (κ2) is 7.93. The second-order valence-corrected chi connectivity index (χ2v) is 6.91. The number of benzene rings is 1. The maximum atomic E-state index is 13.0. The monoisotopic (exact) mass is 322 g/mol. The Hall–Kier alpha value is -0.690. The van der Waals surface area contributed by atoms with Gasteiger partial charge in [-0.3, -0.25) is 0 Å². The van der Waals surface area contributed by atoms with Crippen molar-refractivity contribution in [2.75, 3.05) is 25.9 Å². The molecule has 4 nitrogen and oxygen atoms in total. The molecule has 0 aliphatic rings. The summed E-state index contributed by atoms with van der Waals surface area (Å²) in [4.78, 5) is 0. The van der Waals surface area contributed by atoms with Gasteiger partial charge in [-0.1, -0.05) is 18.5 Å². The molecule has 20 heavy (non-hydrogen) atoms. The van der Waals surface area contributed by atoms with Crippen molar-refractivity contribution in [1.29, 1.82) is 0 Å². The van der Waals surface area contributed by atoms with Crippen LogP contribution in [0.2, 0.25) is 5.02 Å². The average Bonchev–Trinajstić information content (AvgIpc) is 2.36. The van der Waals surface area contributed by atoms with Gasteiger partial charge in [0, 0.05) is 24.7 Å². The molecule has 0 atom stereocenters. The molecule has 0 radical (unpaired) electrons. The number of sulfonamides is 1. The predicted octanol–water partition coefficient (Wildman–Crippen LogP) is 2.24. The van der Waals surface area contributed by atoms with Crippen LogP contribution in [0.25, 0.3) is 0 Å². The molecule has 0 saturated heterocycles. The van der Waals surface area contributed by atoms with E-state index in [1.165, 1.54) is 28.8 Å². The summed E-state index contributed by atoms with van der Waals surface area (Å²) >= 11 is 5.95. The van der Waals surface area contributed by atoms with Crippen LogP contribution in [0, 0.1) is 5.82 Å². The summed E-state index contributed by atoms with van der Waals surface area (Å²) in [7, 11) is -3.13. The van der Waals surface area contributed by atoms with Crippen LogP contribution in [0.15, 0.2) is 18.2 Å². The molecule has 0 aliphatic heterocycles. The smallest absolute Gasteiger partial charge is 0.211 e. The quantitative estimate of drug-likeness (QED) is 0.747. The van der Waals surface area contributed by atoms with E-state index in [9.17, 15) is 12.8 Å². The van der Waals surface area contributed by atoms with Crippen LogP contribution in [0.3, 0.4) is 0 Å². The highest BCUT2D eigenvalue weighted by atomic mass is 35.5. The Labute approximate surface area is 125 Å². The van der Waals surface area contributed by atoms with Gasteiger partial charge >= 0.3 is 0 Å². The molecular formula is C13H20ClFN2O2S. The Bertz CT molecular complexity index is 537. The minimum atomic E-state index is -3.13. The highest BCUT2D eigenvalue weighted by Gasteiger charge is 2.12. The molecule has 0 unspecified atom stereocenters. The highest BCUT2D eigenvalue weighted by molar-refractivity contribution is 7.88. The molecule has 1 rings (SSSR count). The lowest BCUT2D eigenvalue weighted by molar-refractivity contribution is 0.419. The number of halogens is 2. The Kier molecular flexibility index (Phi) is 6.88. The lowest BCUT2D eigenvalue weighted by atomic mass is 10.2. The van der Waals surface area contributed by atoms with E-state index in [0.29, 0.717) is 43.2 Å². The predicted molar refractivity (Wildman–Crippen MR) is 79.8 cm³/mol. The lowest BCUT2D eigenvalue weighted by Crippen LogP contribution is -2.32. The number of nitrogens with zero attached hydrogens (tertiary/aromatic N) is 1. The zero-order chi connectivity index (χ0) is 15.2. The summed E-state index contributed by atoms with van der Waals surface area (Å²) in [6.07, 6.45) is 1.89. The normalized spacial score (nSPS) is 12.1. The van der Waals surface area contributed by atoms with Gasteiger partial charge in [0.25, 0.3) is 0 Å². The minimum absolute atomic E-state index is 0.319. The zero-order valence-corrected chi connectivity index (χ0v) is 13.3. The molecule has 0 heterocycles. The van der Waals surface area contributed by atoms with E-state index >= 15 is 0 Å². The molecule has 1 N–H and O–H groups in total. The first-order valence-corrected chi connectivity index (χ1v) is 8.67. The Morgan fingerprint density at radius 2 is 2.10 bits per heavy atom. The van der Waals surface area contributed by atoms with Crippen LogP contribution in [-0.2, 0) is 16.6 Å². The van der Waals surface area contributed by atoms with Crippen LogP contribution in [0.1, 0.15) is 18.9 Å². The van der Waals surface area contributed by atoms with Crippen molar-refractivity contribution in [2.45, 2.75) is 19.9 Å². The number of hydrogen-bond donors (Lipinski definition) is 1. The summed E-state index contributed by atoms with van der Waals surface area (Å²) in [6.45, 7) is 3.84. The summed E-state index contributed by atoms with van der Waals surface area (Å²) in [5, 5.41) is 3.65. The van der Waals surface area contributed by atoms with Gasteiger partial charge in [-0.05, 0) is 36.7 Å². The van der Waals surface area contributed by atoms with Crippen LogP contribution < -0.4 is 5.32 Å². The van der Waals surface area contributed by atoms with Gasteiger partial charge in [-0.2, -0.15) is 0 Å². The summed E-state index contributed by atoms with van der Waals surface area (Å²) in [6, 6.07) is 4.23. The molecule has 0 spiro atoms. The first kappa shape index (κ1) is 17.4. The Balaban J connectivity index is 2.34. The van der Waals surface area contributed by atoms with Crippen molar-refractivity contribution in [3.05, 3.63) is 34.6 Å². The van der Waals surface area contributed by atoms with Crippen LogP contribution in [-0.4, -0.2) is 38.6 Å². The fourth-order valence-electron chi connectivity index (χ4n) is 1.84. The molecule has 0 amide bonds. The van der Waals surface area contributed by atoms with Crippen molar-refractivity contribution >= 4 is 21.6 Å². The van der Waals surface area contributed by atoms with Crippen molar-refractivity contribution in [2.24, 2.45) is 0 Å². The van der Waals surface area contributed by atoms with Gasteiger partial charge in [-0.25, -0.2) is 17.1 Å².